The predicted molar refractivity (Wildman–Crippen MR) is 80.6 cm³/mol. The third kappa shape index (κ3) is 2.45. The third-order valence-electron chi connectivity index (χ3n) is 3.56. The number of fused-ring (bicyclic) bond motifs is 1. The van der Waals surface area contributed by atoms with Crippen LogP contribution in [0.3, 0.4) is 0 Å². The van der Waals surface area contributed by atoms with Gasteiger partial charge in [0.15, 0.2) is 0 Å². The molecule has 1 unspecified atom stereocenters. The van der Waals surface area contributed by atoms with Crippen LogP contribution in [0.1, 0.15) is 22.7 Å². The average molecular weight is 336 g/mol. The zero-order valence-electron chi connectivity index (χ0n) is 11.1. The molecule has 1 N–H and O–H groups in total. The van der Waals surface area contributed by atoms with Crippen LogP contribution in [0, 0.1) is 5.82 Å². The van der Waals surface area contributed by atoms with Crippen LogP contribution < -0.4 is 10.1 Å². The van der Waals surface area contributed by atoms with Gasteiger partial charge in [0, 0.05) is 16.5 Å². The van der Waals surface area contributed by atoms with Crippen molar-refractivity contribution in [2.45, 2.75) is 12.5 Å². The lowest BCUT2D eigenvalue weighted by molar-refractivity contribution is 0.351. The van der Waals surface area contributed by atoms with Crippen molar-refractivity contribution in [1.29, 1.82) is 0 Å². The van der Waals surface area contributed by atoms with Crippen LogP contribution in [0.5, 0.6) is 5.75 Å². The molecule has 0 aromatic heterocycles. The van der Waals surface area contributed by atoms with Crippen molar-refractivity contribution in [1.82, 2.24) is 5.32 Å². The number of hydrogen-bond acceptors (Lipinski definition) is 2. The summed E-state index contributed by atoms with van der Waals surface area (Å²) in [6, 6.07) is 10.7. The van der Waals surface area contributed by atoms with Gasteiger partial charge in [-0.1, -0.05) is 28.1 Å². The van der Waals surface area contributed by atoms with Crippen molar-refractivity contribution in [2.24, 2.45) is 0 Å². The van der Waals surface area contributed by atoms with Crippen molar-refractivity contribution >= 4 is 15.9 Å². The molecule has 2 aromatic carbocycles. The van der Waals surface area contributed by atoms with Gasteiger partial charge < -0.3 is 10.1 Å². The van der Waals surface area contributed by atoms with Gasteiger partial charge in [-0.25, -0.2) is 4.39 Å². The maximum atomic E-state index is 13.5. The molecule has 0 saturated heterocycles. The van der Waals surface area contributed by atoms with E-state index in [2.05, 4.69) is 27.3 Å². The Morgan fingerprint density at radius 3 is 2.90 bits per heavy atom. The lowest BCUT2D eigenvalue weighted by Crippen LogP contribution is -2.18. The SMILES string of the molecule is CNC(c1cccc(F)c1)c1cc(Br)cc2c1OCC2. The first-order valence-corrected chi connectivity index (χ1v) is 7.36. The molecule has 104 valence electrons. The Balaban J connectivity index is 2.10. The highest BCUT2D eigenvalue weighted by Gasteiger charge is 2.23. The van der Waals surface area contributed by atoms with Gasteiger partial charge in [0.1, 0.15) is 11.6 Å². The van der Waals surface area contributed by atoms with Crippen molar-refractivity contribution in [3.8, 4) is 5.75 Å². The molecular weight excluding hydrogens is 321 g/mol. The van der Waals surface area contributed by atoms with Crippen molar-refractivity contribution in [3.63, 3.8) is 0 Å². The number of halogens is 2. The second-order valence-corrected chi connectivity index (χ2v) is 5.77. The molecule has 0 aliphatic carbocycles. The Labute approximate surface area is 126 Å². The molecule has 0 radical (unpaired) electrons. The van der Waals surface area contributed by atoms with E-state index in [0.717, 1.165) is 27.8 Å². The average Bonchev–Trinajstić information content (AvgIpc) is 2.87. The molecule has 4 heteroatoms. The lowest BCUT2D eigenvalue weighted by Gasteiger charge is -2.20. The second kappa shape index (κ2) is 5.54. The highest BCUT2D eigenvalue weighted by atomic mass is 79.9. The summed E-state index contributed by atoms with van der Waals surface area (Å²) in [5, 5.41) is 3.25. The van der Waals surface area contributed by atoms with Gasteiger partial charge in [-0.2, -0.15) is 0 Å². The largest absolute Gasteiger partial charge is 0.493 e. The maximum Gasteiger partial charge on any atom is 0.127 e. The van der Waals surface area contributed by atoms with Crippen LogP contribution in [-0.2, 0) is 6.42 Å². The summed E-state index contributed by atoms with van der Waals surface area (Å²) in [6.07, 6.45) is 0.918. The molecule has 1 atom stereocenters. The van der Waals surface area contributed by atoms with E-state index >= 15 is 0 Å². The van der Waals surface area contributed by atoms with Gasteiger partial charge in [0.2, 0.25) is 0 Å². The Morgan fingerprint density at radius 2 is 2.15 bits per heavy atom. The van der Waals surface area contributed by atoms with Gasteiger partial charge in [-0.05, 0) is 42.4 Å². The fourth-order valence-electron chi connectivity index (χ4n) is 2.70. The van der Waals surface area contributed by atoms with Crippen LogP contribution >= 0.6 is 15.9 Å². The fraction of sp³-hybridized carbons (Fsp3) is 0.250. The Hall–Kier alpha value is -1.39. The first-order chi connectivity index (χ1) is 9.69. The second-order valence-electron chi connectivity index (χ2n) is 4.86. The minimum absolute atomic E-state index is 0.0879. The monoisotopic (exact) mass is 335 g/mol. The standard InChI is InChI=1S/C16H15BrFNO/c1-19-15(10-3-2-4-13(18)8-10)14-9-12(17)7-11-5-6-20-16(11)14/h2-4,7-9,15,19H,5-6H2,1H3. The van der Waals surface area contributed by atoms with E-state index in [9.17, 15) is 4.39 Å². The Kier molecular flexibility index (Phi) is 3.76. The van der Waals surface area contributed by atoms with Crippen molar-refractivity contribution in [2.75, 3.05) is 13.7 Å². The molecule has 0 bridgehead atoms. The normalized spacial score (nSPS) is 14.8. The molecule has 0 fully saturated rings. The van der Waals surface area contributed by atoms with Crippen LogP contribution in [0.15, 0.2) is 40.9 Å². The zero-order chi connectivity index (χ0) is 14.1. The van der Waals surface area contributed by atoms with E-state index in [1.54, 1.807) is 12.1 Å². The van der Waals surface area contributed by atoms with Gasteiger partial charge in [0.05, 0.1) is 12.6 Å². The van der Waals surface area contributed by atoms with Gasteiger partial charge in [-0.15, -0.1) is 0 Å². The molecule has 1 aliphatic heterocycles. The molecule has 0 saturated carbocycles. The third-order valence-corrected chi connectivity index (χ3v) is 4.02. The molecule has 20 heavy (non-hydrogen) atoms. The molecule has 0 spiro atoms. The molecule has 0 amide bonds. The number of rotatable bonds is 3. The number of ether oxygens (including phenoxy) is 1. The molecule has 3 rings (SSSR count). The van der Waals surface area contributed by atoms with E-state index in [1.165, 1.54) is 11.6 Å². The zero-order valence-corrected chi connectivity index (χ0v) is 12.7. The summed E-state index contributed by atoms with van der Waals surface area (Å²) in [5.74, 6) is 0.701. The van der Waals surface area contributed by atoms with Crippen LogP contribution in [0.25, 0.3) is 0 Å². The Bertz CT molecular complexity index is 644. The highest BCUT2D eigenvalue weighted by molar-refractivity contribution is 9.10. The molecule has 1 aliphatic rings. The summed E-state index contributed by atoms with van der Waals surface area (Å²) in [5.41, 5.74) is 3.13. The number of benzene rings is 2. The molecule has 2 nitrogen and oxygen atoms in total. The van der Waals surface area contributed by atoms with Crippen molar-refractivity contribution < 1.29 is 9.13 Å². The van der Waals surface area contributed by atoms with Gasteiger partial charge >= 0.3 is 0 Å². The summed E-state index contributed by atoms with van der Waals surface area (Å²) in [6.45, 7) is 0.707. The van der Waals surface area contributed by atoms with Gasteiger partial charge in [0.25, 0.3) is 0 Å². The molecule has 2 aromatic rings. The lowest BCUT2D eigenvalue weighted by atomic mass is 9.96. The van der Waals surface area contributed by atoms with E-state index in [-0.39, 0.29) is 11.9 Å². The summed E-state index contributed by atoms with van der Waals surface area (Å²) in [7, 11) is 1.87. The summed E-state index contributed by atoms with van der Waals surface area (Å²) < 4.78 is 20.3. The minimum Gasteiger partial charge on any atom is -0.493 e. The van der Waals surface area contributed by atoms with Crippen LogP contribution in [0.4, 0.5) is 4.39 Å². The highest BCUT2D eigenvalue weighted by Crippen LogP contribution is 2.38. The quantitative estimate of drug-likeness (QED) is 0.920. The van der Waals surface area contributed by atoms with Crippen molar-refractivity contribution in [3.05, 3.63) is 63.4 Å². The van der Waals surface area contributed by atoms with E-state index < -0.39 is 0 Å². The van der Waals surface area contributed by atoms with Crippen LogP contribution in [-0.4, -0.2) is 13.7 Å². The molecule has 1 heterocycles. The van der Waals surface area contributed by atoms with E-state index in [1.807, 2.05) is 19.2 Å². The Morgan fingerprint density at radius 1 is 1.30 bits per heavy atom. The molecular formula is C16H15BrFNO. The first-order valence-electron chi connectivity index (χ1n) is 6.57. The van der Waals surface area contributed by atoms with E-state index in [0.29, 0.717) is 6.61 Å². The van der Waals surface area contributed by atoms with Gasteiger partial charge in [-0.3, -0.25) is 0 Å². The summed E-state index contributed by atoms with van der Waals surface area (Å²) >= 11 is 3.54. The minimum atomic E-state index is -0.227. The first kappa shape index (κ1) is 13.6. The number of hydrogen-bond donors (Lipinski definition) is 1. The number of nitrogens with one attached hydrogen (secondary N) is 1. The van der Waals surface area contributed by atoms with Crippen LogP contribution in [0.2, 0.25) is 0 Å². The predicted octanol–water partition coefficient (Wildman–Crippen LogP) is 3.83. The summed E-state index contributed by atoms with van der Waals surface area (Å²) in [4.78, 5) is 0. The van der Waals surface area contributed by atoms with E-state index in [4.69, 9.17) is 4.74 Å². The maximum absolute atomic E-state index is 13.5. The smallest absolute Gasteiger partial charge is 0.127 e. The fourth-order valence-corrected chi connectivity index (χ4v) is 3.22. The topological polar surface area (TPSA) is 21.3 Å².